The quantitative estimate of drug-likeness (QED) is 0.817. The summed E-state index contributed by atoms with van der Waals surface area (Å²) in [4.78, 5) is 27.7. The number of benzene rings is 2. The molecule has 0 heterocycles. The molecule has 0 fully saturated rings. The van der Waals surface area contributed by atoms with Crippen LogP contribution < -0.4 is 5.32 Å². The summed E-state index contributed by atoms with van der Waals surface area (Å²) in [7, 11) is 0. The van der Waals surface area contributed by atoms with Gasteiger partial charge in [-0.1, -0.05) is 54.1 Å². The summed E-state index contributed by atoms with van der Waals surface area (Å²) in [5.74, 6) is -0.188. The number of nitrogens with zero attached hydrogens (tertiary/aromatic N) is 1. The SMILES string of the molecule is Cc1ccc(C)c(CC(=O)N(Cc2ccccc2)[C@@H](C)C(=O)NC(C)(C)C)c1. The predicted octanol–water partition coefficient (Wildman–Crippen LogP) is 4.18. The third-order valence-electron chi connectivity index (χ3n) is 4.71. The molecule has 1 atom stereocenters. The van der Waals surface area contributed by atoms with E-state index in [2.05, 4.69) is 5.32 Å². The Labute approximate surface area is 169 Å². The number of hydrogen-bond acceptors (Lipinski definition) is 2. The molecule has 0 unspecified atom stereocenters. The zero-order valence-corrected chi connectivity index (χ0v) is 17.9. The van der Waals surface area contributed by atoms with E-state index in [4.69, 9.17) is 0 Å². The Hall–Kier alpha value is -2.62. The lowest BCUT2D eigenvalue weighted by Crippen LogP contribution is -2.52. The van der Waals surface area contributed by atoms with E-state index >= 15 is 0 Å². The van der Waals surface area contributed by atoms with Crippen LogP contribution in [0.2, 0.25) is 0 Å². The van der Waals surface area contributed by atoms with Crippen LogP contribution in [0.4, 0.5) is 0 Å². The van der Waals surface area contributed by atoms with E-state index in [-0.39, 0.29) is 23.8 Å². The Balaban J connectivity index is 2.27. The maximum Gasteiger partial charge on any atom is 0.242 e. The van der Waals surface area contributed by atoms with Gasteiger partial charge in [-0.05, 0) is 58.2 Å². The van der Waals surface area contributed by atoms with Crippen molar-refractivity contribution in [2.24, 2.45) is 0 Å². The van der Waals surface area contributed by atoms with Crippen LogP contribution in [-0.2, 0) is 22.6 Å². The smallest absolute Gasteiger partial charge is 0.242 e. The summed E-state index contributed by atoms with van der Waals surface area (Å²) in [5.41, 5.74) is 3.88. The molecule has 2 amide bonds. The standard InChI is InChI=1S/C24H32N2O2/c1-17-12-13-18(2)21(14-17)15-22(27)26(16-20-10-8-7-9-11-20)19(3)23(28)25-24(4,5)6/h7-14,19H,15-16H2,1-6H3,(H,25,28)/t19-/m0/s1. The number of carbonyl (C=O) groups excluding carboxylic acids is 2. The molecule has 0 saturated carbocycles. The molecule has 0 aromatic heterocycles. The fourth-order valence-electron chi connectivity index (χ4n) is 3.09. The lowest BCUT2D eigenvalue weighted by Gasteiger charge is -2.31. The Bertz CT molecular complexity index is 822. The highest BCUT2D eigenvalue weighted by atomic mass is 16.2. The van der Waals surface area contributed by atoms with E-state index in [0.29, 0.717) is 6.54 Å². The maximum absolute atomic E-state index is 13.2. The van der Waals surface area contributed by atoms with Crippen LogP contribution in [0.3, 0.4) is 0 Å². The van der Waals surface area contributed by atoms with E-state index in [1.54, 1.807) is 11.8 Å². The van der Waals surface area contributed by atoms with Gasteiger partial charge in [-0.3, -0.25) is 9.59 Å². The summed E-state index contributed by atoms with van der Waals surface area (Å²) in [6, 6.07) is 15.4. The van der Waals surface area contributed by atoms with Crippen molar-refractivity contribution in [1.29, 1.82) is 0 Å². The van der Waals surface area contributed by atoms with Gasteiger partial charge in [-0.2, -0.15) is 0 Å². The van der Waals surface area contributed by atoms with Gasteiger partial charge in [0.25, 0.3) is 0 Å². The molecule has 2 rings (SSSR count). The van der Waals surface area contributed by atoms with E-state index < -0.39 is 6.04 Å². The molecular formula is C24H32N2O2. The summed E-state index contributed by atoms with van der Waals surface area (Å²) in [6.45, 7) is 12.1. The summed E-state index contributed by atoms with van der Waals surface area (Å²) in [6.07, 6.45) is 0.285. The van der Waals surface area contributed by atoms with E-state index in [0.717, 1.165) is 22.3 Å². The van der Waals surface area contributed by atoms with Gasteiger partial charge in [-0.25, -0.2) is 0 Å². The zero-order valence-electron chi connectivity index (χ0n) is 17.9. The second kappa shape index (κ2) is 9.05. The third kappa shape index (κ3) is 6.22. The maximum atomic E-state index is 13.2. The van der Waals surface area contributed by atoms with Gasteiger partial charge < -0.3 is 10.2 Å². The first-order valence-electron chi connectivity index (χ1n) is 9.78. The molecule has 0 radical (unpaired) electrons. The monoisotopic (exact) mass is 380 g/mol. The fourth-order valence-corrected chi connectivity index (χ4v) is 3.09. The minimum atomic E-state index is -0.558. The molecular weight excluding hydrogens is 348 g/mol. The minimum absolute atomic E-state index is 0.0471. The Morgan fingerprint density at radius 1 is 1.04 bits per heavy atom. The molecule has 1 N–H and O–H groups in total. The van der Waals surface area contributed by atoms with Crippen molar-refractivity contribution in [1.82, 2.24) is 10.2 Å². The molecule has 0 spiro atoms. The molecule has 0 saturated heterocycles. The van der Waals surface area contributed by atoms with Crippen molar-refractivity contribution >= 4 is 11.8 Å². The van der Waals surface area contributed by atoms with Crippen LogP contribution in [0, 0.1) is 13.8 Å². The minimum Gasteiger partial charge on any atom is -0.350 e. The second-order valence-electron chi connectivity index (χ2n) is 8.53. The molecule has 2 aromatic rings. The molecule has 4 heteroatoms. The summed E-state index contributed by atoms with van der Waals surface area (Å²) >= 11 is 0. The van der Waals surface area contributed by atoms with E-state index in [1.165, 1.54) is 0 Å². The van der Waals surface area contributed by atoms with Crippen LogP contribution in [0.1, 0.15) is 49.9 Å². The molecule has 0 aliphatic rings. The highest BCUT2D eigenvalue weighted by Gasteiger charge is 2.28. The van der Waals surface area contributed by atoms with Gasteiger partial charge in [0.15, 0.2) is 0 Å². The van der Waals surface area contributed by atoms with Crippen molar-refractivity contribution in [2.45, 2.75) is 66.1 Å². The topological polar surface area (TPSA) is 49.4 Å². The highest BCUT2D eigenvalue weighted by molar-refractivity contribution is 5.88. The first-order chi connectivity index (χ1) is 13.1. The largest absolute Gasteiger partial charge is 0.350 e. The van der Waals surface area contributed by atoms with Gasteiger partial charge in [-0.15, -0.1) is 0 Å². The number of carbonyl (C=O) groups is 2. The lowest BCUT2D eigenvalue weighted by atomic mass is 10.0. The van der Waals surface area contributed by atoms with Gasteiger partial charge in [0.1, 0.15) is 6.04 Å². The van der Waals surface area contributed by atoms with Gasteiger partial charge in [0.05, 0.1) is 6.42 Å². The molecule has 0 aliphatic heterocycles. The second-order valence-corrected chi connectivity index (χ2v) is 8.53. The fraction of sp³-hybridized carbons (Fsp3) is 0.417. The van der Waals surface area contributed by atoms with Crippen molar-refractivity contribution in [3.05, 3.63) is 70.8 Å². The number of amides is 2. The van der Waals surface area contributed by atoms with Crippen molar-refractivity contribution in [2.75, 3.05) is 0 Å². The number of nitrogens with one attached hydrogen (secondary N) is 1. The number of hydrogen-bond donors (Lipinski definition) is 1. The number of aryl methyl sites for hydroxylation is 2. The zero-order chi connectivity index (χ0) is 20.9. The first kappa shape index (κ1) is 21.7. The van der Waals surface area contributed by atoms with Gasteiger partial charge in [0, 0.05) is 12.1 Å². The Morgan fingerprint density at radius 3 is 2.29 bits per heavy atom. The normalized spacial score (nSPS) is 12.4. The molecule has 2 aromatic carbocycles. The average Bonchev–Trinajstić information content (AvgIpc) is 2.61. The van der Waals surface area contributed by atoms with Crippen LogP contribution in [0.25, 0.3) is 0 Å². The van der Waals surface area contributed by atoms with Crippen LogP contribution in [-0.4, -0.2) is 28.3 Å². The van der Waals surface area contributed by atoms with E-state index in [9.17, 15) is 9.59 Å². The van der Waals surface area contributed by atoms with Gasteiger partial charge >= 0.3 is 0 Å². The molecule has 28 heavy (non-hydrogen) atoms. The van der Waals surface area contributed by atoms with Crippen molar-refractivity contribution in [3.8, 4) is 0 Å². The van der Waals surface area contributed by atoms with Crippen LogP contribution in [0.5, 0.6) is 0 Å². The lowest BCUT2D eigenvalue weighted by molar-refractivity contribution is -0.140. The van der Waals surface area contributed by atoms with Crippen molar-refractivity contribution in [3.63, 3.8) is 0 Å². The molecule has 4 nitrogen and oxygen atoms in total. The predicted molar refractivity (Wildman–Crippen MR) is 114 cm³/mol. The first-order valence-corrected chi connectivity index (χ1v) is 9.78. The molecule has 0 aliphatic carbocycles. The molecule has 150 valence electrons. The third-order valence-corrected chi connectivity index (χ3v) is 4.71. The number of rotatable bonds is 6. The summed E-state index contributed by atoms with van der Waals surface area (Å²) in [5, 5.41) is 2.99. The highest BCUT2D eigenvalue weighted by Crippen LogP contribution is 2.16. The van der Waals surface area contributed by atoms with Crippen LogP contribution in [0.15, 0.2) is 48.5 Å². The van der Waals surface area contributed by atoms with Crippen LogP contribution >= 0.6 is 0 Å². The average molecular weight is 381 g/mol. The van der Waals surface area contributed by atoms with E-state index in [1.807, 2.05) is 83.1 Å². The summed E-state index contributed by atoms with van der Waals surface area (Å²) < 4.78 is 0. The van der Waals surface area contributed by atoms with Crippen molar-refractivity contribution < 1.29 is 9.59 Å². The Kier molecular flexibility index (Phi) is 7.00. The van der Waals surface area contributed by atoms with Gasteiger partial charge in [0.2, 0.25) is 11.8 Å². The molecule has 0 bridgehead atoms. The Morgan fingerprint density at radius 2 is 1.68 bits per heavy atom.